The third-order valence-corrected chi connectivity index (χ3v) is 10.9. The molecule has 13 heteroatoms. The van der Waals surface area contributed by atoms with E-state index in [2.05, 4.69) is 10.3 Å². The molecule has 1 aliphatic carbocycles. The van der Waals surface area contributed by atoms with Crippen LogP contribution in [-0.2, 0) is 19.6 Å². The second kappa shape index (κ2) is 11.0. The largest absolute Gasteiger partial charge is 0.466 e. The van der Waals surface area contributed by atoms with Gasteiger partial charge in [0.15, 0.2) is 10.8 Å². The fourth-order valence-corrected chi connectivity index (χ4v) is 8.33. The Morgan fingerprint density at radius 3 is 2.66 bits per heavy atom. The number of ether oxygens (including phenoxy) is 1. The van der Waals surface area contributed by atoms with E-state index in [-0.39, 0.29) is 29.0 Å². The molecular weight excluding hydrogens is 555 g/mol. The molecule has 1 atom stereocenters. The van der Waals surface area contributed by atoms with E-state index in [1.165, 1.54) is 41.0 Å². The number of sulfonamides is 1. The Balaban J connectivity index is 1.47. The molecule has 1 aromatic carbocycles. The highest BCUT2D eigenvalue weighted by Gasteiger charge is 2.44. The van der Waals surface area contributed by atoms with Gasteiger partial charge >= 0.3 is 5.97 Å². The van der Waals surface area contributed by atoms with Crippen LogP contribution < -0.4 is 5.32 Å². The molecule has 2 aromatic rings. The van der Waals surface area contributed by atoms with Crippen molar-refractivity contribution in [3.05, 3.63) is 62.5 Å². The highest BCUT2D eigenvalue weighted by Crippen LogP contribution is 2.41. The molecule has 2 N–H and O–H groups in total. The van der Waals surface area contributed by atoms with Gasteiger partial charge in [0.05, 0.1) is 17.9 Å². The third kappa shape index (κ3) is 5.12. The van der Waals surface area contributed by atoms with Gasteiger partial charge in [-0.15, -0.1) is 11.3 Å². The summed E-state index contributed by atoms with van der Waals surface area (Å²) in [6.45, 7) is 0.615. The molecule has 1 saturated carbocycles. The Morgan fingerprint density at radius 2 is 2.05 bits per heavy atom. The van der Waals surface area contributed by atoms with E-state index in [4.69, 9.17) is 21.3 Å². The third-order valence-electron chi connectivity index (χ3n) is 7.47. The molecule has 1 saturated heterocycles. The van der Waals surface area contributed by atoms with Crippen LogP contribution in [0.15, 0.2) is 46.0 Å². The van der Waals surface area contributed by atoms with E-state index in [0.29, 0.717) is 60.9 Å². The maximum atomic E-state index is 13.9. The quantitative estimate of drug-likeness (QED) is 0.481. The standard InChI is InChI=1S/C25H28ClFN4O5S2/c1-36-25(33)20-21(15-4-7-31(8-5-15)38(34,35)17-10-14(11-17)13-32)29-23(24-28-6-9-37-24)30-22(20)18-3-2-16(27)12-19(18)26/h2-3,6,9,12,14-15,17,22,32H,4-5,7-8,10-11,13H2,1H3,(H,29,30)/t14-,17+,22?. The summed E-state index contributed by atoms with van der Waals surface area (Å²) in [5.41, 5.74) is 1.29. The molecule has 204 valence electrons. The van der Waals surface area contributed by atoms with Crippen LogP contribution in [0.2, 0.25) is 5.02 Å². The van der Waals surface area contributed by atoms with E-state index >= 15 is 0 Å². The van der Waals surface area contributed by atoms with Crippen LogP contribution in [0.4, 0.5) is 4.39 Å². The number of carbonyl (C=O) groups is 1. The number of hydrogen-bond donors (Lipinski definition) is 2. The average Bonchev–Trinajstić information content (AvgIpc) is 3.42. The number of esters is 1. The van der Waals surface area contributed by atoms with Crippen molar-refractivity contribution in [1.82, 2.24) is 14.6 Å². The smallest absolute Gasteiger partial charge is 0.338 e. The molecule has 3 aliphatic rings. The summed E-state index contributed by atoms with van der Waals surface area (Å²) in [6, 6.07) is 3.08. The number of halogens is 2. The normalized spacial score (nSPS) is 24.9. The zero-order chi connectivity index (χ0) is 27.0. The van der Waals surface area contributed by atoms with Gasteiger partial charge in [0.25, 0.3) is 0 Å². The van der Waals surface area contributed by atoms with Gasteiger partial charge in [0.2, 0.25) is 10.0 Å². The number of aromatic nitrogens is 1. The minimum absolute atomic E-state index is 0.00639. The number of thiazole rings is 1. The molecule has 5 rings (SSSR count). The molecule has 2 aliphatic heterocycles. The number of aliphatic hydroxyl groups excluding tert-OH is 1. The SMILES string of the molecule is COC(=O)C1=C(C2CCN(S(=O)(=O)[C@H]3C[C@@H](CO)C3)CC2)NC(c2nccs2)=NC1c1ccc(F)cc1Cl. The number of nitrogens with zero attached hydrogens (tertiary/aromatic N) is 3. The molecule has 2 fully saturated rings. The van der Waals surface area contributed by atoms with Crippen LogP contribution in [0, 0.1) is 17.7 Å². The first-order valence-electron chi connectivity index (χ1n) is 12.3. The fourth-order valence-electron chi connectivity index (χ4n) is 5.30. The first kappa shape index (κ1) is 27.2. The fraction of sp³-hybridized carbons (Fsp3) is 0.480. The number of rotatable bonds is 7. The van der Waals surface area contributed by atoms with Gasteiger partial charge in [-0.25, -0.2) is 26.9 Å². The summed E-state index contributed by atoms with van der Waals surface area (Å²) < 4.78 is 46.7. The zero-order valence-corrected chi connectivity index (χ0v) is 23.0. The molecular formula is C25H28ClFN4O5S2. The van der Waals surface area contributed by atoms with Crippen molar-refractivity contribution in [1.29, 1.82) is 0 Å². The first-order chi connectivity index (χ1) is 18.2. The summed E-state index contributed by atoms with van der Waals surface area (Å²) in [7, 11) is -2.18. The van der Waals surface area contributed by atoms with E-state index in [0.717, 1.165) is 0 Å². The molecule has 1 aromatic heterocycles. The molecule has 9 nitrogen and oxygen atoms in total. The maximum Gasteiger partial charge on any atom is 0.338 e. The second-order valence-corrected chi connectivity index (χ2v) is 13.2. The van der Waals surface area contributed by atoms with Gasteiger partial charge in [0, 0.05) is 53.5 Å². The summed E-state index contributed by atoms with van der Waals surface area (Å²) in [5.74, 6) is -0.794. The Morgan fingerprint density at radius 1 is 1.32 bits per heavy atom. The number of allylic oxidation sites excluding steroid dienone is 1. The average molecular weight is 583 g/mol. The Hall–Kier alpha value is -2.38. The van der Waals surface area contributed by atoms with Crippen molar-refractivity contribution in [2.24, 2.45) is 16.8 Å². The van der Waals surface area contributed by atoms with Crippen molar-refractivity contribution in [3.8, 4) is 0 Å². The molecule has 0 bridgehead atoms. The molecule has 0 amide bonds. The second-order valence-electron chi connectivity index (χ2n) is 9.69. The number of methoxy groups -OCH3 is 1. The van der Waals surface area contributed by atoms with E-state index in [9.17, 15) is 22.7 Å². The number of aliphatic imine (C=N–C) groups is 1. The Labute approximate surface area is 229 Å². The maximum absolute atomic E-state index is 13.9. The molecule has 3 heterocycles. The van der Waals surface area contributed by atoms with Crippen molar-refractivity contribution in [3.63, 3.8) is 0 Å². The lowest BCUT2D eigenvalue weighted by Crippen LogP contribution is -2.49. The lowest BCUT2D eigenvalue weighted by molar-refractivity contribution is -0.136. The van der Waals surface area contributed by atoms with E-state index < -0.39 is 33.1 Å². The number of nitrogens with one attached hydrogen (secondary N) is 1. The molecule has 0 radical (unpaired) electrons. The highest BCUT2D eigenvalue weighted by molar-refractivity contribution is 7.89. The summed E-state index contributed by atoms with van der Waals surface area (Å²) in [5, 5.41) is 14.7. The number of piperidine rings is 1. The van der Waals surface area contributed by atoms with Crippen molar-refractivity contribution in [2.75, 3.05) is 26.8 Å². The van der Waals surface area contributed by atoms with Gasteiger partial charge in [-0.3, -0.25) is 4.99 Å². The highest BCUT2D eigenvalue weighted by atomic mass is 35.5. The van der Waals surface area contributed by atoms with Gasteiger partial charge in [-0.2, -0.15) is 0 Å². The van der Waals surface area contributed by atoms with Crippen LogP contribution >= 0.6 is 22.9 Å². The Bertz CT molecular complexity index is 1370. The topological polar surface area (TPSA) is 121 Å². The lowest BCUT2D eigenvalue weighted by Gasteiger charge is -2.40. The van der Waals surface area contributed by atoms with E-state index in [1.54, 1.807) is 6.20 Å². The number of aliphatic hydroxyl groups is 1. The number of amidine groups is 1. The zero-order valence-electron chi connectivity index (χ0n) is 20.6. The van der Waals surface area contributed by atoms with Crippen LogP contribution in [-0.4, -0.2) is 66.7 Å². The summed E-state index contributed by atoms with van der Waals surface area (Å²) >= 11 is 7.79. The Kier molecular flexibility index (Phi) is 7.88. The van der Waals surface area contributed by atoms with Crippen LogP contribution in [0.25, 0.3) is 0 Å². The predicted molar refractivity (Wildman–Crippen MR) is 142 cm³/mol. The van der Waals surface area contributed by atoms with Crippen molar-refractivity contribution < 1.29 is 27.4 Å². The number of hydrogen-bond acceptors (Lipinski definition) is 9. The van der Waals surface area contributed by atoms with Crippen LogP contribution in [0.3, 0.4) is 0 Å². The minimum atomic E-state index is -3.46. The molecule has 38 heavy (non-hydrogen) atoms. The van der Waals surface area contributed by atoms with Crippen molar-refractivity contribution >= 4 is 44.8 Å². The minimum Gasteiger partial charge on any atom is -0.466 e. The predicted octanol–water partition coefficient (Wildman–Crippen LogP) is 3.27. The van der Waals surface area contributed by atoms with Gasteiger partial charge in [-0.05, 0) is 43.7 Å². The van der Waals surface area contributed by atoms with Crippen molar-refractivity contribution in [2.45, 2.75) is 37.0 Å². The number of benzene rings is 1. The van der Waals surface area contributed by atoms with Crippen LogP contribution in [0.5, 0.6) is 0 Å². The summed E-state index contributed by atoms with van der Waals surface area (Å²) in [4.78, 5) is 22.3. The van der Waals surface area contributed by atoms with Gasteiger partial charge in [-0.1, -0.05) is 17.7 Å². The monoisotopic (exact) mass is 582 g/mol. The van der Waals surface area contributed by atoms with Crippen LogP contribution in [0.1, 0.15) is 42.3 Å². The van der Waals surface area contributed by atoms with Gasteiger partial charge < -0.3 is 15.2 Å². The number of carbonyl (C=O) groups excluding carboxylic acids is 1. The van der Waals surface area contributed by atoms with Gasteiger partial charge in [0.1, 0.15) is 11.9 Å². The first-order valence-corrected chi connectivity index (χ1v) is 15.1. The summed E-state index contributed by atoms with van der Waals surface area (Å²) in [6.07, 6.45) is 3.56. The lowest BCUT2D eigenvalue weighted by atomic mass is 9.86. The van der Waals surface area contributed by atoms with E-state index in [1.807, 2.05) is 5.38 Å². The molecule has 0 spiro atoms. The molecule has 1 unspecified atom stereocenters.